The highest BCUT2D eigenvalue weighted by molar-refractivity contribution is 6.00. The summed E-state index contributed by atoms with van der Waals surface area (Å²) in [7, 11) is 1.52. The van der Waals surface area contributed by atoms with E-state index in [0.717, 1.165) is 36.6 Å². The largest absolute Gasteiger partial charge is 0.474 e. The minimum absolute atomic E-state index is 0.105. The van der Waals surface area contributed by atoms with Crippen molar-refractivity contribution in [2.24, 2.45) is 7.05 Å². The van der Waals surface area contributed by atoms with E-state index in [2.05, 4.69) is 15.0 Å². The van der Waals surface area contributed by atoms with Crippen molar-refractivity contribution in [1.29, 1.82) is 0 Å². The van der Waals surface area contributed by atoms with Crippen LogP contribution in [-0.4, -0.2) is 36.5 Å². The molecule has 1 aromatic carbocycles. The monoisotopic (exact) mass is 520 g/mol. The SMILES string of the molecule is Cn1cc(C(F)(F)F)nc1-c1ccc(CN2C(=O)Cc3cnc(-c4cccnc4OC4CCC4)nc32)cc1. The normalized spacial score (nSPS) is 15.5. The summed E-state index contributed by atoms with van der Waals surface area (Å²) >= 11 is 0. The fraction of sp³-hybridized carbons (Fsp3) is 0.296. The fourth-order valence-corrected chi connectivity index (χ4v) is 4.54. The van der Waals surface area contributed by atoms with Gasteiger partial charge in [0, 0.05) is 36.8 Å². The van der Waals surface area contributed by atoms with Crippen molar-refractivity contribution in [3.05, 3.63) is 71.8 Å². The third-order valence-electron chi connectivity index (χ3n) is 6.80. The second kappa shape index (κ2) is 9.23. The lowest BCUT2D eigenvalue weighted by molar-refractivity contribution is -0.140. The third-order valence-corrected chi connectivity index (χ3v) is 6.80. The number of imidazole rings is 1. The molecule has 0 unspecified atom stereocenters. The number of amides is 1. The van der Waals surface area contributed by atoms with Crippen LogP contribution in [0.3, 0.4) is 0 Å². The Morgan fingerprint density at radius 3 is 2.55 bits per heavy atom. The van der Waals surface area contributed by atoms with Gasteiger partial charge >= 0.3 is 6.18 Å². The van der Waals surface area contributed by atoms with E-state index in [1.807, 2.05) is 6.07 Å². The Morgan fingerprint density at radius 2 is 1.87 bits per heavy atom. The molecule has 1 amide bonds. The Kier molecular flexibility index (Phi) is 5.85. The van der Waals surface area contributed by atoms with Gasteiger partial charge in [0.1, 0.15) is 17.7 Å². The summed E-state index contributed by atoms with van der Waals surface area (Å²) in [4.78, 5) is 31.8. The van der Waals surface area contributed by atoms with Crippen LogP contribution in [0.2, 0.25) is 0 Å². The summed E-state index contributed by atoms with van der Waals surface area (Å²) < 4.78 is 46.5. The van der Waals surface area contributed by atoms with Crippen molar-refractivity contribution in [1.82, 2.24) is 24.5 Å². The first-order valence-corrected chi connectivity index (χ1v) is 12.2. The van der Waals surface area contributed by atoms with Gasteiger partial charge in [-0.3, -0.25) is 9.69 Å². The predicted octanol–water partition coefficient (Wildman–Crippen LogP) is 4.98. The number of aromatic nitrogens is 5. The number of halogens is 3. The van der Waals surface area contributed by atoms with Crippen LogP contribution in [0.5, 0.6) is 5.88 Å². The lowest BCUT2D eigenvalue weighted by Crippen LogP contribution is -2.27. The van der Waals surface area contributed by atoms with Crippen LogP contribution in [0.4, 0.5) is 19.0 Å². The van der Waals surface area contributed by atoms with Gasteiger partial charge in [-0.2, -0.15) is 13.2 Å². The molecule has 4 aromatic rings. The van der Waals surface area contributed by atoms with Crippen LogP contribution in [0.25, 0.3) is 22.8 Å². The molecule has 8 nitrogen and oxygen atoms in total. The molecule has 3 aromatic heterocycles. The Hall–Kier alpha value is -4.28. The number of fused-ring (bicyclic) bond motifs is 1. The molecule has 0 spiro atoms. The van der Waals surface area contributed by atoms with Crippen molar-refractivity contribution in [2.45, 2.75) is 44.5 Å². The van der Waals surface area contributed by atoms with E-state index in [1.165, 1.54) is 11.6 Å². The Labute approximate surface area is 216 Å². The van der Waals surface area contributed by atoms with E-state index in [9.17, 15) is 18.0 Å². The van der Waals surface area contributed by atoms with Gasteiger partial charge in [-0.25, -0.2) is 19.9 Å². The van der Waals surface area contributed by atoms with Crippen LogP contribution in [0.15, 0.2) is 55.0 Å². The van der Waals surface area contributed by atoms with E-state index in [1.54, 1.807) is 47.6 Å². The average Bonchev–Trinajstić information content (AvgIpc) is 3.41. The molecule has 2 aliphatic rings. The standard InChI is InChI=1S/C27H23F3N6O2/c1-35-15-21(27(28,29)30)33-24(35)17-9-7-16(8-10-17)14-36-22(37)12-18-13-32-23(34-25(18)36)20-6-3-11-31-26(20)38-19-4-2-5-19/h3,6-11,13,15,19H,2,4-5,12,14H2,1H3. The van der Waals surface area contributed by atoms with E-state index >= 15 is 0 Å². The molecule has 194 valence electrons. The minimum Gasteiger partial charge on any atom is -0.474 e. The number of benzene rings is 1. The second-order valence-corrected chi connectivity index (χ2v) is 9.48. The summed E-state index contributed by atoms with van der Waals surface area (Å²) in [5.74, 6) is 1.54. The summed E-state index contributed by atoms with van der Waals surface area (Å²) in [6, 6.07) is 10.6. The van der Waals surface area contributed by atoms with E-state index in [4.69, 9.17) is 9.72 Å². The quantitative estimate of drug-likeness (QED) is 0.357. The molecule has 1 fully saturated rings. The molecule has 38 heavy (non-hydrogen) atoms. The molecular weight excluding hydrogens is 497 g/mol. The molecule has 1 saturated carbocycles. The molecule has 1 aliphatic carbocycles. The molecular formula is C27H23F3N6O2. The molecule has 0 radical (unpaired) electrons. The molecule has 4 heterocycles. The molecule has 1 aliphatic heterocycles. The first-order valence-electron chi connectivity index (χ1n) is 12.2. The number of ether oxygens (including phenoxy) is 1. The van der Waals surface area contributed by atoms with Crippen LogP contribution in [-0.2, 0) is 31.0 Å². The van der Waals surface area contributed by atoms with Crippen LogP contribution >= 0.6 is 0 Å². The molecule has 0 bridgehead atoms. The number of carbonyl (C=O) groups is 1. The number of hydrogen-bond acceptors (Lipinski definition) is 6. The molecule has 0 N–H and O–H groups in total. The van der Waals surface area contributed by atoms with Gasteiger partial charge in [0.2, 0.25) is 11.8 Å². The van der Waals surface area contributed by atoms with Crippen LogP contribution < -0.4 is 9.64 Å². The first-order chi connectivity index (χ1) is 18.3. The zero-order chi connectivity index (χ0) is 26.4. The van der Waals surface area contributed by atoms with Crippen LogP contribution in [0, 0.1) is 0 Å². The highest BCUT2D eigenvalue weighted by Crippen LogP contribution is 2.35. The number of aryl methyl sites for hydroxylation is 1. The van der Waals surface area contributed by atoms with Gasteiger partial charge in [-0.15, -0.1) is 0 Å². The van der Waals surface area contributed by atoms with Gasteiger partial charge in [0.05, 0.1) is 18.5 Å². The summed E-state index contributed by atoms with van der Waals surface area (Å²) in [5.41, 5.74) is 1.80. The van der Waals surface area contributed by atoms with Crippen molar-refractivity contribution in [2.75, 3.05) is 4.90 Å². The highest BCUT2D eigenvalue weighted by Gasteiger charge is 2.35. The lowest BCUT2D eigenvalue weighted by Gasteiger charge is -2.26. The van der Waals surface area contributed by atoms with Crippen molar-refractivity contribution in [3.8, 4) is 28.7 Å². The number of nitrogens with zero attached hydrogens (tertiary/aromatic N) is 6. The third kappa shape index (κ3) is 4.48. The number of pyridine rings is 1. The Balaban J connectivity index is 1.25. The lowest BCUT2D eigenvalue weighted by atomic mass is 9.96. The van der Waals surface area contributed by atoms with Crippen molar-refractivity contribution < 1.29 is 22.7 Å². The molecule has 6 rings (SSSR count). The van der Waals surface area contributed by atoms with E-state index < -0.39 is 11.9 Å². The van der Waals surface area contributed by atoms with E-state index in [-0.39, 0.29) is 30.8 Å². The zero-order valence-electron chi connectivity index (χ0n) is 20.4. The number of anilines is 1. The zero-order valence-corrected chi connectivity index (χ0v) is 20.4. The maximum Gasteiger partial charge on any atom is 0.434 e. The molecule has 0 atom stereocenters. The maximum absolute atomic E-state index is 13.0. The summed E-state index contributed by atoms with van der Waals surface area (Å²) in [6.45, 7) is 0.259. The number of alkyl halides is 3. The number of rotatable bonds is 6. The fourth-order valence-electron chi connectivity index (χ4n) is 4.54. The van der Waals surface area contributed by atoms with Gasteiger partial charge in [-0.1, -0.05) is 24.3 Å². The van der Waals surface area contributed by atoms with Gasteiger partial charge in [0.25, 0.3) is 0 Å². The summed E-state index contributed by atoms with van der Waals surface area (Å²) in [6.07, 6.45) is 3.24. The second-order valence-electron chi connectivity index (χ2n) is 9.48. The molecule has 11 heteroatoms. The maximum atomic E-state index is 13.0. The first kappa shape index (κ1) is 24.1. The van der Waals surface area contributed by atoms with E-state index in [0.29, 0.717) is 28.6 Å². The summed E-state index contributed by atoms with van der Waals surface area (Å²) in [5, 5.41) is 0. The smallest absolute Gasteiger partial charge is 0.434 e. The Bertz CT molecular complexity index is 1510. The average molecular weight is 521 g/mol. The molecule has 0 saturated heterocycles. The highest BCUT2D eigenvalue weighted by atomic mass is 19.4. The van der Waals surface area contributed by atoms with Crippen molar-refractivity contribution in [3.63, 3.8) is 0 Å². The Morgan fingerprint density at radius 1 is 1.08 bits per heavy atom. The predicted molar refractivity (Wildman–Crippen MR) is 132 cm³/mol. The minimum atomic E-state index is -4.51. The van der Waals surface area contributed by atoms with Crippen LogP contribution in [0.1, 0.15) is 36.1 Å². The van der Waals surface area contributed by atoms with Gasteiger partial charge < -0.3 is 9.30 Å². The number of hydrogen-bond donors (Lipinski definition) is 0. The van der Waals surface area contributed by atoms with Crippen molar-refractivity contribution >= 4 is 11.7 Å². The topological polar surface area (TPSA) is 86.0 Å². The number of carbonyl (C=O) groups excluding carboxylic acids is 1. The van der Waals surface area contributed by atoms with Gasteiger partial charge in [0.15, 0.2) is 11.5 Å². The van der Waals surface area contributed by atoms with Gasteiger partial charge in [-0.05, 0) is 37.0 Å².